The largest absolute Gasteiger partial charge is 0.273 e. The first-order valence-electron chi connectivity index (χ1n) is 5.97. The Hall–Kier alpha value is -1.36. The summed E-state index contributed by atoms with van der Waals surface area (Å²) in [6.07, 6.45) is 0. The summed E-state index contributed by atoms with van der Waals surface area (Å²) in [5, 5.41) is 0. The van der Waals surface area contributed by atoms with Crippen LogP contribution in [0.25, 0.3) is 0 Å². The molecule has 4 nitrogen and oxygen atoms in total. The number of rotatable bonds is 2. The van der Waals surface area contributed by atoms with E-state index in [4.69, 9.17) is 0 Å². The topological polar surface area (TPSA) is 54.5 Å². The number of hydrogen-bond donors (Lipinski definition) is 0. The van der Waals surface area contributed by atoms with Crippen molar-refractivity contribution in [1.29, 1.82) is 0 Å². The van der Waals surface area contributed by atoms with Crippen molar-refractivity contribution in [3.8, 4) is 0 Å². The molecule has 0 aromatic heterocycles. The van der Waals surface area contributed by atoms with Gasteiger partial charge in [0.1, 0.15) is 0 Å². The maximum absolute atomic E-state index is 12.4. The van der Waals surface area contributed by atoms with Crippen LogP contribution in [0.4, 0.5) is 0 Å². The molecule has 0 bridgehead atoms. The smallest absolute Gasteiger partial charge is 0.266 e. The van der Waals surface area contributed by atoms with E-state index in [2.05, 4.69) is 0 Å². The van der Waals surface area contributed by atoms with E-state index in [1.165, 1.54) is 0 Å². The zero-order valence-corrected chi connectivity index (χ0v) is 11.6. The Kier molecular flexibility index (Phi) is 3.19. The molecule has 2 atom stereocenters. The number of hydrogen-bond acceptors (Lipinski definition) is 3. The summed E-state index contributed by atoms with van der Waals surface area (Å²) in [5.41, 5.74) is 0.989. The van der Waals surface area contributed by atoms with Crippen molar-refractivity contribution < 1.29 is 13.2 Å². The summed E-state index contributed by atoms with van der Waals surface area (Å²) in [5.74, 6) is -0.467. The summed E-state index contributed by atoms with van der Waals surface area (Å²) >= 11 is 0. The summed E-state index contributed by atoms with van der Waals surface area (Å²) in [6, 6.07) is 6.57. The summed E-state index contributed by atoms with van der Waals surface area (Å²) in [4.78, 5) is 12.1. The van der Waals surface area contributed by atoms with Gasteiger partial charge in [0.25, 0.3) is 10.0 Å². The molecule has 0 unspecified atom stereocenters. The molecule has 0 radical (unpaired) electrons. The lowest BCUT2D eigenvalue weighted by atomic mass is 10.0. The number of carbonyl (C=O) groups is 1. The number of benzene rings is 1. The van der Waals surface area contributed by atoms with Crippen LogP contribution in [0.2, 0.25) is 0 Å². The van der Waals surface area contributed by atoms with Gasteiger partial charge in [0.15, 0.2) is 0 Å². The molecule has 1 amide bonds. The molecule has 1 heterocycles. The third-order valence-corrected chi connectivity index (χ3v) is 5.33. The predicted octanol–water partition coefficient (Wildman–Crippen LogP) is 1.80. The van der Waals surface area contributed by atoms with Gasteiger partial charge in [-0.15, -0.1) is 0 Å². The van der Waals surface area contributed by atoms with Crippen molar-refractivity contribution in [2.24, 2.45) is 11.8 Å². The second kappa shape index (κ2) is 4.39. The number of carbonyl (C=O) groups excluding carboxylic acids is 1. The Morgan fingerprint density at radius 2 is 1.72 bits per heavy atom. The van der Waals surface area contributed by atoms with Crippen LogP contribution < -0.4 is 0 Å². The molecule has 18 heavy (non-hydrogen) atoms. The van der Waals surface area contributed by atoms with Crippen molar-refractivity contribution in [3.63, 3.8) is 0 Å². The van der Waals surface area contributed by atoms with Gasteiger partial charge in [-0.2, -0.15) is 0 Å². The molecular weight excluding hydrogens is 250 g/mol. The first-order valence-corrected chi connectivity index (χ1v) is 7.41. The third kappa shape index (κ3) is 2.03. The van der Waals surface area contributed by atoms with Crippen LogP contribution in [-0.4, -0.2) is 25.2 Å². The molecule has 1 saturated heterocycles. The lowest BCUT2D eigenvalue weighted by Gasteiger charge is -2.16. The van der Waals surface area contributed by atoms with E-state index in [1.54, 1.807) is 31.2 Å². The van der Waals surface area contributed by atoms with Gasteiger partial charge in [0, 0.05) is 12.5 Å². The molecule has 0 spiro atoms. The molecule has 2 rings (SSSR count). The van der Waals surface area contributed by atoms with Gasteiger partial charge in [-0.3, -0.25) is 4.79 Å². The lowest BCUT2D eigenvalue weighted by Crippen LogP contribution is -2.33. The summed E-state index contributed by atoms with van der Waals surface area (Å²) in [6.45, 7) is 5.84. The molecule has 1 aromatic rings. The van der Waals surface area contributed by atoms with Gasteiger partial charge in [0.05, 0.1) is 4.90 Å². The second-order valence-electron chi connectivity index (χ2n) is 4.95. The highest BCUT2D eigenvalue weighted by atomic mass is 32.2. The molecule has 0 N–H and O–H groups in total. The first kappa shape index (κ1) is 13.1. The molecule has 0 aliphatic carbocycles. The van der Waals surface area contributed by atoms with Crippen LogP contribution in [0, 0.1) is 18.8 Å². The Morgan fingerprint density at radius 1 is 1.17 bits per heavy atom. The zero-order chi connectivity index (χ0) is 13.5. The van der Waals surface area contributed by atoms with Crippen LogP contribution in [0.3, 0.4) is 0 Å². The fraction of sp³-hybridized carbons (Fsp3) is 0.462. The molecule has 1 aliphatic heterocycles. The molecule has 98 valence electrons. The summed E-state index contributed by atoms with van der Waals surface area (Å²) in [7, 11) is -3.69. The minimum absolute atomic E-state index is 0.0673. The highest BCUT2D eigenvalue weighted by Gasteiger charge is 2.41. The van der Waals surface area contributed by atoms with E-state index in [9.17, 15) is 13.2 Å². The highest BCUT2D eigenvalue weighted by Crippen LogP contribution is 2.29. The van der Waals surface area contributed by atoms with Gasteiger partial charge in [-0.05, 0) is 25.0 Å². The van der Waals surface area contributed by atoms with E-state index >= 15 is 0 Å². The average Bonchev–Trinajstić information content (AvgIpc) is 2.58. The third-order valence-electron chi connectivity index (χ3n) is 3.55. The molecule has 1 aromatic carbocycles. The fourth-order valence-corrected chi connectivity index (χ4v) is 3.60. The Morgan fingerprint density at radius 3 is 2.17 bits per heavy atom. The van der Waals surface area contributed by atoms with Crippen molar-refractivity contribution >= 4 is 15.9 Å². The van der Waals surface area contributed by atoms with Crippen LogP contribution in [-0.2, 0) is 14.8 Å². The van der Waals surface area contributed by atoms with Crippen molar-refractivity contribution in [1.82, 2.24) is 4.31 Å². The SMILES string of the molecule is Cc1ccc(S(=O)(=O)N2C[C@@H](C)[C@@H](C)C2=O)cc1. The Bertz CT molecular complexity index is 562. The molecule has 0 saturated carbocycles. The monoisotopic (exact) mass is 267 g/mol. The minimum atomic E-state index is -3.69. The number of sulfonamides is 1. The quantitative estimate of drug-likeness (QED) is 0.821. The van der Waals surface area contributed by atoms with E-state index < -0.39 is 10.0 Å². The Balaban J connectivity index is 2.38. The van der Waals surface area contributed by atoms with Gasteiger partial charge < -0.3 is 0 Å². The number of aryl methyl sites for hydroxylation is 1. The molecule has 1 aliphatic rings. The van der Waals surface area contributed by atoms with Crippen molar-refractivity contribution in [2.45, 2.75) is 25.7 Å². The van der Waals surface area contributed by atoms with Crippen LogP contribution in [0.1, 0.15) is 19.4 Å². The first-order chi connectivity index (χ1) is 8.34. The van der Waals surface area contributed by atoms with Crippen LogP contribution in [0.15, 0.2) is 29.2 Å². The highest BCUT2D eigenvalue weighted by molar-refractivity contribution is 7.89. The lowest BCUT2D eigenvalue weighted by molar-refractivity contribution is -0.126. The number of amides is 1. The van der Waals surface area contributed by atoms with Gasteiger partial charge in [-0.1, -0.05) is 31.5 Å². The van der Waals surface area contributed by atoms with Crippen LogP contribution >= 0.6 is 0 Å². The number of nitrogens with zero attached hydrogens (tertiary/aromatic N) is 1. The van der Waals surface area contributed by atoms with E-state index in [0.29, 0.717) is 0 Å². The zero-order valence-electron chi connectivity index (χ0n) is 10.8. The van der Waals surface area contributed by atoms with Crippen molar-refractivity contribution in [2.75, 3.05) is 6.54 Å². The second-order valence-corrected chi connectivity index (χ2v) is 6.82. The van der Waals surface area contributed by atoms with Crippen molar-refractivity contribution in [3.05, 3.63) is 29.8 Å². The molecule has 5 heteroatoms. The molecular formula is C13H17NO3S. The minimum Gasteiger partial charge on any atom is -0.273 e. The van der Waals surface area contributed by atoms with E-state index in [1.807, 2.05) is 13.8 Å². The fourth-order valence-electron chi connectivity index (χ4n) is 2.03. The maximum atomic E-state index is 12.4. The standard InChI is InChI=1S/C13H17NO3S/c1-9-4-6-12(7-5-9)18(16,17)14-8-10(2)11(3)13(14)15/h4-7,10-11H,8H2,1-3H3/t10-,11-/m1/s1. The van der Waals surface area contributed by atoms with Gasteiger partial charge in [0.2, 0.25) is 5.91 Å². The van der Waals surface area contributed by atoms with E-state index in [0.717, 1.165) is 9.87 Å². The average molecular weight is 267 g/mol. The predicted molar refractivity (Wildman–Crippen MR) is 68.4 cm³/mol. The van der Waals surface area contributed by atoms with Gasteiger partial charge in [-0.25, -0.2) is 12.7 Å². The molecule has 1 fully saturated rings. The van der Waals surface area contributed by atoms with Crippen LogP contribution in [0.5, 0.6) is 0 Å². The van der Waals surface area contributed by atoms with E-state index in [-0.39, 0.29) is 29.2 Å². The maximum Gasteiger partial charge on any atom is 0.266 e. The normalized spacial score (nSPS) is 24.6. The van der Waals surface area contributed by atoms with Gasteiger partial charge >= 0.3 is 0 Å². The summed E-state index contributed by atoms with van der Waals surface area (Å²) < 4.78 is 25.7. The Labute approximate surface area is 108 Å².